The van der Waals surface area contributed by atoms with Crippen molar-refractivity contribution < 1.29 is 9.59 Å². The summed E-state index contributed by atoms with van der Waals surface area (Å²) in [6.07, 6.45) is 5.98. The van der Waals surface area contributed by atoms with Gasteiger partial charge in [-0.3, -0.25) is 24.4 Å². The number of fused-ring (bicyclic) bond motifs is 5. The highest BCUT2D eigenvalue weighted by Gasteiger charge is 2.58. The van der Waals surface area contributed by atoms with Crippen LogP contribution in [0.2, 0.25) is 0 Å². The topological polar surface area (TPSA) is 77.0 Å². The van der Waals surface area contributed by atoms with Gasteiger partial charge in [0.05, 0.1) is 11.8 Å². The molecule has 29 heavy (non-hydrogen) atoms. The van der Waals surface area contributed by atoms with E-state index in [-0.39, 0.29) is 59.5 Å². The normalized spacial score (nSPS) is 27.8. The van der Waals surface area contributed by atoms with Crippen molar-refractivity contribution in [1.29, 1.82) is 0 Å². The number of guanidine groups is 1. The molecule has 0 radical (unpaired) electrons. The number of carbonyl (C=O) groups excluding carboxylic acids is 2. The molecule has 1 saturated carbocycles. The number of nitrogens with zero attached hydrogens (tertiary/aromatic N) is 3. The van der Waals surface area contributed by atoms with Crippen molar-refractivity contribution in [3.8, 4) is 0 Å². The summed E-state index contributed by atoms with van der Waals surface area (Å²) in [7, 11) is 1.76. The van der Waals surface area contributed by atoms with Crippen molar-refractivity contribution in [2.75, 3.05) is 39.8 Å². The predicted octanol–water partition coefficient (Wildman–Crippen LogP) is 1.70. The van der Waals surface area contributed by atoms with Gasteiger partial charge in [-0.25, -0.2) is 0 Å². The monoisotopic (exact) mass is 517 g/mol. The van der Waals surface area contributed by atoms with Crippen LogP contribution in [0.25, 0.3) is 0 Å². The van der Waals surface area contributed by atoms with E-state index in [1.807, 2.05) is 0 Å². The van der Waals surface area contributed by atoms with Crippen molar-refractivity contribution >= 4 is 41.8 Å². The predicted molar refractivity (Wildman–Crippen MR) is 126 cm³/mol. The summed E-state index contributed by atoms with van der Waals surface area (Å²) in [6, 6.07) is 0.530. The number of amides is 2. The van der Waals surface area contributed by atoms with Crippen LogP contribution < -0.4 is 10.6 Å². The van der Waals surface area contributed by atoms with Crippen LogP contribution in [0.15, 0.2) is 17.1 Å². The van der Waals surface area contributed by atoms with Gasteiger partial charge in [-0.1, -0.05) is 19.1 Å². The number of imide groups is 1. The van der Waals surface area contributed by atoms with Crippen LogP contribution in [0.1, 0.15) is 33.6 Å². The molecule has 2 fully saturated rings. The van der Waals surface area contributed by atoms with Crippen LogP contribution in [0, 0.1) is 23.7 Å². The third-order valence-electron chi connectivity index (χ3n) is 6.46. The van der Waals surface area contributed by atoms with E-state index in [0.29, 0.717) is 19.1 Å². The van der Waals surface area contributed by atoms with E-state index >= 15 is 0 Å². The molecule has 4 atom stereocenters. The van der Waals surface area contributed by atoms with Gasteiger partial charge in [-0.2, -0.15) is 0 Å². The van der Waals surface area contributed by atoms with Crippen molar-refractivity contribution in [2.45, 2.75) is 39.7 Å². The lowest BCUT2D eigenvalue weighted by Gasteiger charge is -2.25. The minimum atomic E-state index is -0.0904. The smallest absolute Gasteiger partial charge is 0.233 e. The number of likely N-dealkylation sites (tertiary alicyclic amines) is 1. The highest BCUT2D eigenvalue weighted by Crippen LogP contribution is 2.52. The van der Waals surface area contributed by atoms with E-state index in [9.17, 15) is 9.59 Å². The molecule has 3 aliphatic rings. The third kappa shape index (κ3) is 5.13. The summed E-state index contributed by atoms with van der Waals surface area (Å²) < 4.78 is 0. The number of hydrogen-bond donors (Lipinski definition) is 2. The van der Waals surface area contributed by atoms with Gasteiger partial charge in [0.2, 0.25) is 11.8 Å². The number of aliphatic imine (C=N–C) groups is 1. The molecule has 1 aliphatic heterocycles. The number of likely N-dealkylation sites (N-methyl/N-ethyl adjacent to an activating group) is 1. The molecule has 4 unspecified atom stereocenters. The second kappa shape index (κ2) is 10.7. The summed E-state index contributed by atoms with van der Waals surface area (Å²) in [4.78, 5) is 33.5. The molecule has 0 aromatic carbocycles. The Morgan fingerprint density at radius 2 is 1.76 bits per heavy atom. The largest absolute Gasteiger partial charge is 0.356 e. The Labute approximate surface area is 191 Å². The lowest BCUT2D eigenvalue weighted by molar-refractivity contribution is -0.140. The number of allylic oxidation sites excluding steroid dienone is 2. The second-order valence-corrected chi connectivity index (χ2v) is 8.33. The molecule has 7 nitrogen and oxygen atoms in total. The molecule has 0 aromatic heterocycles. The van der Waals surface area contributed by atoms with Crippen LogP contribution in [0.5, 0.6) is 0 Å². The highest BCUT2D eigenvalue weighted by atomic mass is 127. The van der Waals surface area contributed by atoms with E-state index in [4.69, 9.17) is 0 Å². The average Bonchev–Trinajstić information content (AvgIpc) is 3.35. The van der Waals surface area contributed by atoms with Gasteiger partial charge in [0.25, 0.3) is 0 Å². The minimum absolute atomic E-state index is 0. The zero-order chi connectivity index (χ0) is 20.3. The van der Waals surface area contributed by atoms with Gasteiger partial charge >= 0.3 is 0 Å². The first-order valence-corrected chi connectivity index (χ1v) is 10.7. The second-order valence-electron chi connectivity index (χ2n) is 8.33. The van der Waals surface area contributed by atoms with Crippen molar-refractivity contribution in [3.63, 3.8) is 0 Å². The summed E-state index contributed by atoms with van der Waals surface area (Å²) >= 11 is 0. The molecule has 3 rings (SSSR count). The van der Waals surface area contributed by atoms with Crippen LogP contribution >= 0.6 is 24.0 Å². The fraction of sp³-hybridized carbons (Fsp3) is 0.762. The molecule has 0 spiro atoms. The number of carbonyl (C=O) groups is 2. The van der Waals surface area contributed by atoms with E-state index in [2.05, 4.69) is 53.4 Å². The van der Waals surface area contributed by atoms with Crippen molar-refractivity contribution in [3.05, 3.63) is 12.2 Å². The number of nitrogens with one attached hydrogen (secondary N) is 2. The van der Waals surface area contributed by atoms with Gasteiger partial charge < -0.3 is 10.6 Å². The Bertz CT molecular complexity index is 621. The fourth-order valence-corrected chi connectivity index (χ4v) is 4.95. The Balaban J connectivity index is 0.00000300. The molecule has 164 valence electrons. The first kappa shape index (κ1) is 24.1. The van der Waals surface area contributed by atoms with Crippen LogP contribution in [0.4, 0.5) is 0 Å². The average molecular weight is 517 g/mol. The lowest BCUT2D eigenvalue weighted by atomic mass is 9.85. The van der Waals surface area contributed by atoms with E-state index in [1.165, 1.54) is 4.90 Å². The SMILES string of the molecule is CCN(CCNC(=NC)NCCCN1C(=O)C2C3C=CC(C3)C2C1=O)C(C)C.I. The van der Waals surface area contributed by atoms with Gasteiger partial charge in [0, 0.05) is 39.3 Å². The van der Waals surface area contributed by atoms with Gasteiger partial charge in [0.15, 0.2) is 5.96 Å². The number of hydrogen-bond acceptors (Lipinski definition) is 4. The number of rotatable bonds is 9. The van der Waals surface area contributed by atoms with Crippen LogP contribution in [-0.4, -0.2) is 73.4 Å². The number of halogens is 1. The molecule has 1 saturated heterocycles. The van der Waals surface area contributed by atoms with E-state index in [1.54, 1.807) is 7.05 Å². The Kier molecular flexibility index (Phi) is 8.93. The molecule has 8 heteroatoms. The first-order chi connectivity index (χ1) is 13.5. The molecule has 2 amide bonds. The maximum atomic E-state index is 12.7. The zero-order valence-electron chi connectivity index (χ0n) is 18.1. The molecule has 1 heterocycles. The Morgan fingerprint density at radius 1 is 1.17 bits per heavy atom. The van der Waals surface area contributed by atoms with Crippen molar-refractivity contribution in [1.82, 2.24) is 20.4 Å². The van der Waals surface area contributed by atoms with Crippen molar-refractivity contribution in [2.24, 2.45) is 28.7 Å². The maximum absolute atomic E-state index is 12.7. The van der Waals surface area contributed by atoms with Gasteiger partial charge in [-0.15, -0.1) is 24.0 Å². The summed E-state index contributed by atoms with van der Waals surface area (Å²) in [5.41, 5.74) is 0. The third-order valence-corrected chi connectivity index (χ3v) is 6.46. The fourth-order valence-electron chi connectivity index (χ4n) is 4.95. The molecule has 2 N–H and O–H groups in total. The molecule has 0 aromatic rings. The minimum Gasteiger partial charge on any atom is -0.356 e. The summed E-state index contributed by atoms with van der Waals surface area (Å²) in [5.74, 6) is 1.24. The van der Waals surface area contributed by atoms with E-state index in [0.717, 1.165) is 38.4 Å². The molecule has 2 aliphatic carbocycles. The summed E-state index contributed by atoms with van der Waals surface area (Å²) in [5, 5.41) is 6.61. The Morgan fingerprint density at radius 3 is 2.28 bits per heavy atom. The molecule has 2 bridgehead atoms. The van der Waals surface area contributed by atoms with Crippen LogP contribution in [0.3, 0.4) is 0 Å². The lowest BCUT2D eigenvalue weighted by Crippen LogP contribution is -2.44. The molecular weight excluding hydrogens is 481 g/mol. The Hall–Kier alpha value is -1.16. The zero-order valence-corrected chi connectivity index (χ0v) is 20.4. The highest BCUT2D eigenvalue weighted by molar-refractivity contribution is 14.0. The van der Waals surface area contributed by atoms with E-state index < -0.39 is 0 Å². The quantitative estimate of drug-likeness (QED) is 0.122. The summed E-state index contributed by atoms with van der Waals surface area (Å²) in [6.45, 7) is 10.6. The molecular formula is C21H36IN5O2. The van der Waals surface area contributed by atoms with Crippen LogP contribution in [-0.2, 0) is 9.59 Å². The standard InChI is InChI=1S/C21H35N5O2.HI/c1-5-25(14(2)3)12-10-24-21(22-4)23-9-6-11-26-19(27)17-15-7-8-16(13-15)18(17)20(26)28;/h7-8,14-18H,5-6,9-13H2,1-4H3,(H2,22,23,24);1H. The first-order valence-electron chi connectivity index (χ1n) is 10.7. The maximum Gasteiger partial charge on any atom is 0.233 e. The van der Waals surface area contributed by atoms with Gasteiger partial charge in [0.1, 0.15) is 0 Å². The van der Waals surface area contributed by atoms with Gasteiger partial charge in [-0.05, 0) is 45.1 Å².